The Bertz CT molecular complexity index is 279. The first-order chi connectivity index (χ1) is 7.32. The van der Waals surface area contributed by atoms with Crippen LogP contribution in [0, 0.1) is 0 Å². The normalized spacial score (nSPS) is 12.2. The zero-order chi connectivity index (χ0) is 12.7. The standard InChI is InChI=1S/C9H15NO5S/c1-5(2)16-4-7(11)10-6(9(14)15)3-8(12)13/h5-6H,3-4H2,1-2H3,(H,10,11)(H,12,13)(H,14,15)/t6-/m0/s1. The van der Waals surface area contributed by atoms with Crippen LogP contribution in [0.4, 0.5) is 0 Å². The predicted molar refractivity (Wildman–Crippen MR) is 59.4 cm³/mol. The van der Waals surface area contributed by atoms with E-state index >= 15 is 0 Å². The maximum absolute atomic E-state index is 11.3. The van der Waals surface area contributed by atoms with Crippen molar-refractivity contribution in [3.8, 4) is 0 Å². The summed E-state index contributed by atoms with van der Waals surface area (Å²) in [7, 11) is 0. The molecular formula is C9H15NO5S. The number of aliphatic carboxylic acids is 2. The van der Waals surface area contributed by atoms with E-state index in [0.29, 0.717) is 0 Å². The van der Waals surface area contributed by atoms with Crippen molar-refractivity contribution in [3.63, 3.8) is 0 Å². The summed E-state index contributed by atoms with van der Waals surface area (Å²) in [6.07, 6.45) is -0.618. The summed E-state index contributed by atoms with van der Waals surface area (Å²) in [5.41, 5.74) is 0. The highest BCUT2D eigenvalue weighted by Crippen LogP contribution is 2.08. The Hall–Kier alpha value is -1.24. The average Bonchev–Trinajstić information content (AvgIpc) is 2.12. The number of carboxylic acids is 2. The largest absolute Gasteiger partial charge is 0.481 e. The van der Waals surface area contributed by atoms with Crippen molar-refractivity contribution in [1.82, 2.24) is 5.32 Å². The van der Waals surface area contributed by atoms with Gasteiger partial charge in [-0.2, -0.15) is 0 Å². The summed E-state index contributed by atoms with van der Waals surface area (Å²) in [4.78, 5) is 32.2. The van der Waals surface area contributed by atoms with Crippen LogP contribution < -0.4 is 5.32 Å². The number of nitrogens with one attached hydrogen (secondary N) is 1. The van der Waals surface area contributed by atoms with E-state index in [2.05, 4.69) is 5.32 Å². The van der Waals surface area contributed by atoms with E-state index < -0.39 is 30.3 Å². The highest BCUT2D eigenvalue weighted by molar-refractivity contribution is 8.00. The molecule has 16 heavy (non-hydrogen) atoms. The number of carboxylic acid groups (broad SMARTS) is 2. The summed E-state index contributed by atoms with van der Waals surface area (Å²) in [5.74, 6) is -2.94. The maximum atomic E-state index is 11.3. The molecule has 0 aliphatic carbocycles. The minimum Gasteiger partial charge on any atom is -0.481 e. The fourth-order valence-corrected chi connectivity index (χ4v) is 1.42. The Morgan fingerprint density at radius 1 is 1.25 bits per heavy atom. The smallest absolute Gasteiger partial charge is 0.326 e. The van der Waals surface area contributed by atoms with Crippen LogP contribution in [-0.2, 0) is 14.4 Å². The van der Waals surface area contributed by atoms with Crippen molar-refractivity contribution in [1.29, 1.82) is 0 Å². The molecule has 0 rings (SSSR count). The molecule has 0 heterocycles. The minimum atomic E-state index is -1.36. The van der Waals surface area contributed by atoms with E-state index in [1.807, 2.05) is 13.8 Å². The van der Waals surface area contributed by atoms with E-state index in [1.165, 1.54) is 11.8 Å². The number of hydrogen-bond acceptors (Lipinski definition) is 4. The highest BCUT2D eigenvalue weighted by Gasteiger charge is 2.22. The Morgan fingerprint density at radius 3 is 2.19 bits per heavy atom. The molecule has 6 nitrogen and oxygen atoms in total. The number of carbonyl (C=O) groups is 3. The van der Waals surface area contributed by atoms with Crippen molar-refractivity contribution < 1.29 is 24.6 Å². The third kappa shape index (κ3) is 7.10. The molecule has 3 N–H and O–H groups in total. The van der Waals surface area contributed by atoms with Crippen LogP contribution in [0.5, 0.6) is 0 Å². The zero-order valence-electron chi connectivity index (χ0n) is 9.10. The zero-order valence-corrected chi connectivity index (χ0v) is 9.91. The van der Waals surface area contributed by atoms with Gasteiger partial charge in [-0.15, -0.1) is 11.8 Å². The first-order valence-corrected chi connectivity index (χ1v) is 5.73. The second kappa shape index (κ2) is 7.10. The Balaban J connectivity index is 4.13. The van der Waals surface area contributed by atoms with Crippen molar-refractivity contribution in [2.45, 2.75) is 31.6 Å². The van der Waals surface area contributed by atoms with E-state index in [1.54, 1.807) is 0 Å². The second-order valence-electron chi connectivity index (χ2n) is 3.42. The van der Waals surface area contributed by atoms with Crippen molar-refractivity contribution in [3.05, 3.63) is 0 Å². The van der Waals surface area contributed by atoms with Crippen LogP contribution in [0.25, 0.3) is 0 Å². The fraction of sp³-hybridized carbons (Fsp3) is 0.667. The van der Waals surface area contributed by atoms with Gasteiger partial charge in [0.1, 0.15) is 6.04 Å². The molecule has 0 saturated carbocycles. The van der Waals surface area contributed by atoms with Gasteiger partial charge in [-0.05, 0) is 5.25 Å². The summed E-state index contributed by atoms with van der Waals surface area (Å²) in [6, 6.07) is -1.36. The second-order valence-corrected chi connectivity index (χ2v) is 4.98. The molecule has 0 saturated heterocycles. The molecule has 0 aliphatic rings. The van der Waals surface area contributed by atoms with Gasteiger partial charge < -0.3 is 15.5 Å². The maximum Gasteiger partial charge on any atom is 0.326 e. The van der Waals surface area contributed by atoms with Crippen LogP contribution in [-0.4, -0.2) is 45.1 Å². The first kappa shape index (κ1) is 14.8. The number of thioether (sulfide) groups is 1. The van der Waals surface area contributed by atoms with Gasteiger partial charge in [0.05, 0.1) is 12.2 Å². The first-order valence-electron chi connectivity index (χ1n) is 4.68. The number of carbonyl (C=O) groups excluding carboxylic acids is 1. The molecule has 92 valence electrons. The van der Waals surface area contributed by atoms with Gasteiger partial charge in [0.25, 0.3) is 0 Å². The molecule has 0 radical (unpaired) electrons. The topological polar surface area (TPSA) is 104 Å². The average molecular weight is 249 g/mol. The van der Waals surface area contributed by atoms with E-state index in [0.717, 1.165) is 0 Å². The van der Waals surface area contributed by atoms with Crippen LogP contribution in [0.2, 0.25) is 0 Å². The van der Waals surface area contributed by atoms with Crippen LogP contribution in [0.15, 0.2) is 0 Å². The molecule has 0 spiro atoms. The van der Waals surface area contributed by atoms with Gasteiger partial charge in [0, 0.05) is 0 Å². The van der Waals surface area contributed by atoms with Crippen molar-refractivity contribution in [2.75, 3.05) is 5.75 Å². The van der Waals surface area contributed by atoms with E-state index in [9.17, 15) is 14.4 Å². The van der Waals surface area contributed by atoms with Crippen molar-refractivity contribution >= 4 is 29.6 Å². The molecule has 0 aromatic heterocycles. The lowest BCUT2D eigenvalue weighted by atomic mass is 10.2. The third-order valence-electron chi connectivity index (χ3n) is 1.56. The fourth-order valence-electron chi connectivity index (χ4n) is 0.853. The minimum absolute atomic E-state index is 0.126. The molecule has 7 heteroatoms. The molecule has 0 aromatic rings. The summed E-state index contributed by atoms with van der Waals surface area (Å²) in [5, 5.41) is 19.5. The number of rotatable bonds is 7. The van der Waals surface area contributed by atoms with Gasteiger partial charge in [-0.1, -0.05) is 13.8 Å². The van der Waals surface area contributed by atoms with Gasteiger partial charge in [-0.25, -0.2) is 4.79 Å². The quantitative estimate of drug-likeness (QED) is 0.594. The third-order valence-corrected chi connectivity index (χ3v) is 2.66. The highest BCUT2D eigenvalue weighted by atomic mass is 32.2. The summed E-state index contributed by atoms with van der Waals surface area (Å²) < 4.78 is 0. The Labute approximate surface area is 97.4 Å². The number of hydrogen-bond donors (Lipinski definition) is 3. The van der Waals surface area contributed by atoms with Gasteiger partial charge in [-0.3, -0.25) is 9.59 Å². The Morgan fingerprint density at radius 2 is 1.81 bits per heavy atom. The van der Waals surface area contributed by atoms with Crippen LogP contribution in [0.1, 0.15) is 20.3 Å². The predicted octanol–water partition coefficient (Wildman–Crippen LogP) is 0.172. The Kier molecular flexibility index (Phi) is 6.55. The molecule has 1 atom stereocenters. The molecule has 0 unspecified atom stereocenters. The monoisotopic (exact) mass is 249 g/mol. The lowest BCUT2D eigenvalue weighted by Gasteiger charge is -2.12. The van der Waals surface area contributed by atoms with Crippen molar-refractivity contribution in [2.24, 2.45) is 0 Å². The van der Waals surface area contributed by atoms with E-state index in [-0.39, 0.29) is 11.0 Å². The molecule has 1 amide bonds. The molecule has 0 fully saturated rings. The summed E-state index contributed by atoms with van der Waals surface area (Å²) in [6.45, 7) is 3.81. The molecule has 0 bridgehead atoms. The van der Waals surface area contributed by atoms with Gasteiger partial charge in [0.15, 0.2) is 0 Å². The summed E-state index contributed by atoms with van der Waals surface area (Å²) >= 11 is 1.36. The van der Waals surface area contributed by atoms with Gasteiger partial charge in [0.2, 0.25) is 5.91 Å². The molecular weight excluding hydrogens is 234 g/mol. The van der Waals surface area contributed by atoms with Crippen LogP contribution in [0.3, 0.4) is 0 Å². The SMILES string of the molecule is CC(C)SCC(=O)N[C@@H](CC(=O)O)C(=O)O. The van der Waals surface area contributed by atoms with Crippen LogP contribution >= 0.6 is 11.8 Å². The lowest BCUT2D eigenvalue weighted by Crippen LogP contribution is -2.43. The van der Waals surface area contributed by atoms with E-state index in [4.69, 9.17) is 10.2 Å². The number of amides is 1. The molecule has 0 aromatic carbocycles. The van der Waals surface area contributed by atoms with Gasteiger partial charge >= 0.3 is 11.9 Å². The lowest BCUT2D eigenvalue weighted by molar-refractivity contribution is -0.147. The molecule has 0 aliphatic heterocycles.